The van der Waals surface area contributed by atoms with Gasteiger partial charge in [-0.25, -0.2) is 0 Å². The second-order valence-corrected chi connectivity index (χ2v) is 9.59. The maximum absolute atomic E-state index is 13.1. The van der Waals surface area contributed by atoms with Gasteiger partial charge in [-0.3, -0.25) is 9.59 Å². The van der Waals surface area contributed by atoms with Crippen LogP contribution in [0.1, 0.15) is 33.3 Å². The summed E-state index contributed by atoms with van der Waals surface area (Å²) in [5.41, 5.74) is 0.324. The molecule has 0 bridgehead atoms. The molecule has 2 aromatic rings. The van der Waals surface area contributed by atoms with Gasteiger partial charge in [-0.2, -0.15) is 0 Å². The first-order chi connectivity index (χ1) is 14.0. The van der Waals surface area contributed by atoms with Crippen LogP contribution >= 0.6 is 39.1 Å². The van der Waals surface area contributed by atoms with Crippen molar-refractivity contribution in [1.82, 2.24) is 10.2 Å². The monoisotopic (exact) mass is 514 g/mol. The van der Waals surface area contributed by atoms with E-state index in [0.717, 1.165) is 5.56 Å². The summed E-state index contributed by atoms with van der Waals surface area (Å²) in [7, 11) is 0. The fourth-order valence-electron chi connectivity index (χ4n) is 2.68. The van der Waals surface area contributed by atoms with Crippen LogP contribution in [0.25, 0.3) is 0 Å². The van der Waals surface area contributed by atoms with E-state index in [4.69, 9.17) is 27.9 Å². The van der Waals surface area contributed by atoms with Gasteiger partial charge in [0, 0.05) is 22.1 Å². The molecule has 0 aliphatic carbocycles. The number of ether oxygens (including phenoxy) is 1. The molecule has 0 saturated carbocycles. The normalized spacial score (nSPS) is 12.2. The molecule has 30 heavy (non-hydrogen) atoms. The van der Waals surface area contributed by atoms with Gasteiger partial charge in [-0.15, -0.1) is 0 Å². The van der Waals surface area contributed by atoms with Crippen molar-refractivity contribution < 1.29 is 14.3 Å². The number of nitrogens with zero attached hydrogens (tertiary/aromatic N) is 1. The topological polar surface area (TPSA) is 58.6 Å². The van der Waals surface area contributed by atoms with Crippen molar-refractivity contribution in [3.63, 3.8) is 0 Å². The van der Waals surface area contributed by atoms with Gasteiger partial charge in [0.1, 0.15) is 11.8 Å². The Bertz CT molecular complexity index is 915. The SMILES string of the molecule is C[C@@H](C(=O)NC(C)(C)C)N(Cc1ccccc1Cl)C(=O)COc1ccc(Cl)cc1Br. The van der Waals surface area contributed by atoms with Crippen LogP contribution in [-0.4, -0.2) is 34.9 Å². The molecule has 2 rings (SSSR count). The molecule has 0 aliphatic heterocycles. The standard InChI is InChI=1S/C22H25BrCl2N2O3/c1-14(21(29)26-22(2,3)4)27(12-15-7-5-6-8-18(15)25)20(28)13-30-19-10-9-16(24)11-17(19)23/h5-11,14H,12-13H2,1-4H3,(H,26,29)/t14-/m0/s1. The van der Waals surface area contributed by atoms with Crippen LogP contribution in [-0.2, 0) is 16.1 Å². The predicted molar refractivity (Wildman–Crippen MR) is 124 cm³/mol. The molecule has 0 spiro atoms. The number of carbonyl (C=O) groups is 2. The molecule has 1 N–H and O–H groups in total. The van der Waals surface area contributed by atoms with E-state index in [1.165, 1.54) is 4.90 Å². The minimum Gasteiger partial charge on any atom is -0.483 e. The van der Waals surface area contributed by atoms with Crippen molar-refractivity contribution in [3.8, 4) is 5.75 Å². The summed E-state index contributed by atoms with van der Waals surface area (Å²) in [5.74, 6) is -0.110. The Balaban J connectivity index is 2.21. The highest BCUT2D eigenvalue weighted by molar-refractivity contribution is 9.10. The minimum atomic E-state index is -0.717. The number of hydrogen-bond acceptors (Lipinski definition) is 3. The van der Waals surface area contributed by atoms with Crippen molar-refractivity contribution in [2.24, 2.45) is 0 Å². The Kier molecular flexibility index (Phi) is 8.59. The third-order valence-corrected chi connectivity index (χ3v) is 5.43. The van der Waals surface area contributed by atoms with Crippen LogP contribution in [0, 0.1) is 0 Å². The number of carbonyl (C=O) groups excluding carboxylic acids is 2. The van der Waals surface area contributed by atoms with Crippen LogP contribution in [0.3, 0.4) is 0 Å². The Hall–Kier alpha value is -1.76. The number of nitrogens with one attached hydrogen (secondary N) is 1. The average Bonchev–Trinajstić information content (AvgIpc) is 2.64. The maximum atomic E-state index is 13.1. The first-order valence-electron chi connectivity index (χ1n) is 9.40. The molecule has 0 aromatic heterocycles. The van der Waals surface area contributed by atoms with E-state index in [1.54, 1.807) is 31.2 Å². The predicted octanol–water partition coefficient (Wildman–Crippen LogP) is 5.47. The molecule has 0 saturated heterocycles. The van der Waals surface area contributed by atoms with Crippen molar-refractivity contribution in [2.45, 2.75) is 45.8 Å². The van der Waals surface area contributed by atoms with E-state index >= 15 is 0 Å². The van der Waals surface area contributed by atoms with Gasteiger partial charge in [0.25, 0.3) is 5.91 Å². The highest BCUT2D eigenvalue weighted by atomic mass is 79.9. The molecule has 0 fully saturated rings. The van der Waals surface area contributed by atoms with E-state index in [9.17, 15) is 9.59 Å². The molecule has 0 radical (unpaired) electrons. The molecule has 2 aromatic carbocycles. The zero-order valence-electron chi connectivity index (χ0n) is 17.3. The smallest absolute Gasteiger partial charge is 0.261 e. The summed E-state index contributed by atoms with van der Waals surface area (Å²) in [6.45, 7) is 7.30. The fraction of sp³-hybridized carbons (Fsp3) is 0.364. The van der Waals surface area contributed by atoms with Crippen molar-refractivity contribution in [1.29, 1.82) is 0 Å². The van der Waals surface area contributed by atoms with Crippen LogP contribution in [0.5, 0.6) is 5.75 Å². The van der Waals surface area contributed by atoms with Crippen molar-refractivity contribution >= 4 is 50.9 Å². The van der Waals surface area contributed by atoms with E-state index in [2.05, 4.69) is 21.2 Å². The molecule has 0 unspecified atom stereocenters. The van der Waals surface area contributed by atoms with Gasteiger partial charge in [-0.1, -0.05) is 41.4 Å². The lowest BCUT2D eigenvalue weighted by molar-refractivity contribution is -0.142. The van der Waals surface area contributed by atoms with Gasteiger partial charge in [-0.05, 0) is 73.5 Å². The van der Waals surface area contributed by atoms with E-state index in [1.807, 2.05) is 39.0 Å². The van der Waals surface area contributed by atoms with E-state index in [-0.39, 0.29) is 25.0 Å². The number of halogens is 3. The summed E-state index contributed by atoms with van der Waals surface area (Å²) in [6.07, 6.45) is 0. The van der Waals surface area contributed by atoms with Gasteiger partial charge >= 0.3 is 0 Å². The number of hydrogen-bond donors (Lipinski definition) is 1. The fourth-order valence-corrected chi connectivity index (χ4v) is 3.67. The molecule has 162 valence electrons. The van der Waals surface area contributed by atoms with Crippen molar-refractivity contribution in [2.75, 3.05) is 6.61 Å². The van der Waals surface area contributed by atoms with Gasteiger partial charge in [0.2, 0.25) is 5.91 Å². The average molecular weight is 516 g/mol. The first kappa shape index (κ1) is 24.5. The second kappa shape index (κ2) is 10.5. The lowest BCUT2D eigenvalue weighted by Gasteiger charge is -2.31. The van der Waals surface area contributed by atoms with Crippen molar-refractivity contribution in [3.05, 3.63) is 62.5 Å². The molecule has 2 amide bonds. The zero-order valence-corrected chi connectivity index (χ0v) is 20.4. The summed E-state index contributed by atoms with van der Waals surface area (Å²) in [5, 5.41) is 3.99. The molecule has 1 atom stereocenters. The Morgan fingerprint density at radius 2 is 1.83 bits per heavy atom. The summed E-state index contributed by atoms with van der Waals surface area (Å²) < 4.78 is 6.31. The summed E-state index contributed by atoms with van der Waals surface area (Å²) in [6, 6.07) is 11.5. The zero-order chi connectivity index (χ0) is 22.5. The lowest BCUT2D eigenvalue weighted by Crippen LogP contribution is -2.53. The Labute approximate surface area is 195 Å². The summed E-state index contributed by atoms with van der Waals surface area (Å²) in [4.78, 5) is 27.3. The Morgan fingerprint density at radius 3 is 2.43 bits per heavy atom. The van der Waals surface area contributed by atoms with Crippen LogP contribution in [0.2, 0.25) is 10.0 Å². The van der Waals surface area contributed by atoms with E-state index in [0.29, 0.717) is 20.3 Å². The molecule has 0 heterocycles. The quantitative estimate of drug-likeness (QED) is 0.532. The molecule has 0 aliphatic rings. The van der Waals surface area contributed by atoms with Crippen LogP contribution in [0.15, 0.2) is 46.9 Å². The van der Waals surface area contributed by atoms with E-state index < -0.39 is 11.6 Å². The molecule has 8 heteroatoms. The summed E-state index contributed by atoms with van der Waals surface area (Å²) >= 11 is 15.6. The van der Waals surface area contributed by atoms with Gasteiger partial charge in [0.05, 0.1) is 4.47 Å². The lowest BCUT2D eigenvalue weighted by atomic mass is 10.1. The number of benzene rings is 2. The van der Waals surface area contributed by atoms with Gasteiger partial charge < -0.3 is 15.0 Å². The van der Waals surface area contributed by atoms with Crippen LogP contribution < -0.4 is 10.1 Å². The Morgan fingerprint density at radius 1 is 1.17 bits per heavy atom. The highest BCUT2D eigenvalue weighted by Crippen LogP contribution is 2.28. The molecule has 5 nitrogen and oxygen atoms in total. The molecular weight excluding hydrogens is 491 g/mol. The second-order valence-electron chi connectivity index (χ2n) is 7.89. The first-order valence-corrected chi connectivity index (χ1v) is 11.0. The number of rotatable bonds is 7. The third-order valence-electron chi connectivity index (χ3n) is 4.21. The van der Waals surface area contributed by atoms with Crippen LogP contribution in [0.4, 0.5) is 0 Å². The maximum Gasteiger partial charge on any atom is 0.261 e. The molecular formula is C22H25BrCl2N2O3. The van der Waals surface area contributed by atoms with Gasteiger partial charge in [0.15, 0.2) is 6.61 Å². The number of amides is 2. The highest BCUT2D eigenvalue weighted by Gasteiger charge is 2.29. The minimum absolute atomic E-state index is 0.183. The largest absolute Gasteiger partial charge is 0.483 e. The third kappa shape index (κ3) is 7.18.